The number of carbonyl (C=O) groups is 2. The van der Waals surface area contributed by atoms with Crippen LogP contribution in [0, 0.1) is 13.8 Å². The van der Waals surface area contributed by atoms with Crippen LogP contribution in [0.15, 0.2) is 10.5 Å². The van der Waals surface area contributed by atoms with Crippen molar-refractivity contribution in [2.24, 2.45) is 0 Å². The van der Waals surface area contributed by atoms with Gasteiger partial charge in [0, 0.05) is 20.2 Å². The van der Waals surface area contributed by atoms with Gasteiger partial charge in [0.1, 0.15) is 18.1 Å². The molecule has 0 aromatic carbocycles. The van der Waals surface area contributed by atoms with Crippen molar-refractivity contribution in [1.29, 1.82) is 0 Å². The van der Waals surface area contributed by atoms with Crippen molar-refractivity contribution in [2.75, 3.05) is 26.8 Å². The van der Waals surface area contributed by atoms with Gasteiger partial charge in [0.25, 0.3) is 5.91 Å². The number of hydrogen-bond acceptors (Lipinski definition) is 5. The normalized spacial score (nSPS) is 21.7. The lowest BCUT2D eigenvalue weighted by Crippen LogP contribution is -2.55. The van der Waals surface area contributed by atoms with E-state index in [1.807, 2.05) is 0 Å². The second-order valence-corrected chi connectivity index (χ2v) is 5.54. The van der Waals surface area contributed by atoms with Gasteiger partial charge in [-0.05, 0) is 26.3 Å². The van der Waals surface area contributed by atoms with E-state index in [1.165, 1.54) is 7.11 Å². The van der Waals surface area contributed by atoms with Crippen molar-refractivity contribution in [3.05, 3.63) is 23.2 Å². The Morgan fingerprint density at radius 2 is 2.23 bits per heavy atom. The summed E-state index contributed by atoms with van der Waals surface area (Å²) in [5.74, 6) is 0.795. The van der Waals surface area contributed by atoms with Crippen molar-refractivity contribution < 1.29 is 23.8 Å². The van der Waals surface area contributed by atoms with Crippen LogP contribution >= 0.6 is 0 Å². The lowest BCUT2D eigenvalue weighted by atomic mass is 10.0. The van der Waals surface area contributed by atoms with Crippen molar-refractivity contribution in [3.63, 3.8) is 0 Å². The Morgan fingerprint density at radius 1 is 1.50 bits per heavy atom. The van der Waals surface area contributed by atoms with Crippen LogP contribution in [0.25, 0.3) is 0 Å². The van der Waals surface area contributed by atoms with E-state index in [4.69, 9.17) is 9.15 Å². The Labute approximate surface area is 129 Å². The van der Waals surface area contributed by atoms with E-state index >= 15 is 0 Å². The number of methoxy groups -OCH3 is 1. The zero-order valence-electron chi connectivity index (χ0n) is 13.1. The smallest absolute Gasteiger partial charge is 0.255 e. The number of rotatable bonds is 4. The number of ether oxygens (including phenoxy) is 1. The number of amides is 2. The standard InChI is InChI=1S/C15H22N2O5/c1-9-6-11(10(2)22-9)15(20)16-12-4-5-17(7-13(12)18)14(19)8-21-3/h6,12-13,18H,4-5,7-8H2,1-3H3,(H,16,20)/t12-,13-/m1/s1. The number of aliphatic hydroxyl groups excluding tert-OH is 1. The predicted molar refractivity (Wildman–Crippen MR) is 78.5 cm³/mol. The second-order valence-electron chi connectivity index (χ2n) is 5.54. The van der Waals surface area contributed by atoms with Gasteiger partial charge in [0.2, 0.25) is 5.91 Å². The fraction of sp³-hybridized carbons (Fsp3) is 0.600. The SMILES string of the molecule is COCC(=O)N1CC[C@@H](NC(=O)c2cc(C)oc2C)[C@H](O)C1. The predicted octanol–water partition coefficient (Wildman–Crippen LogP) is 0.234. The van der Waals surface area contributed by atoms with Crippen LogP contribution in [0.1, 0.15) is 28.3 Å². The first-order chi connectivity index (χ1) is 10.4. The summed E-state index contributed by atoms with van der Waals surface area (Å²) in [6, 6.07) is 1.29. The van der Waals surface area contributed by atoms with Crippen molar-refractivity contribution in [2.45, 2.75) is 32.4 Å². The molecule has 7 heteroatoms. The van der Waals surface area contributed by atoms with Crippen LogP contribution in [0.5, 0.6) is 0 Å². The van der Waals surface area contributed by atoms with E-state index in [0.717, 1.165) is 0 Å². The Morgan fingerprint density at radius 3 is 2.77 bits per heavy atom. The monoisotopic (exact) mass is 310 g/mol. The molecule has 2 amide bonds. The van der Waals surface area contributed by atoms with E-state index in [1.54, 1.807) is 24.8 Å². The highest BCUT2D eigenvalue weighted by Crippen LogP contribution is 2.16. The highest BCUT2D eigenvalue weighted by atomic mass is 16.5. The van der Waals surface area contributed by atoms with E-state index in [2.05, 4.69) is 5.32 Å². The van der Waals surface area contributed by atoms with E-state index in [-0.39, 0.29) is 31.0 Å². The molecule has 2 heterocycles. The van der Waals surface area contributed by atoms with E-state index < -0.39 is 6.10 Å². The summed E-state index contributed by atoms with van der Waals surface area (Å²) in [6.45, 7) is 4.17. The van der Waals surface area contributed by atoms with Crippen LogP contribution in [0.2, 0.25) is 0 Å². The highest BCUT2D eigenvalue weighted by molar-refractivity contribution is 5.95. The zero-order chi connectivity index (χ0) is 16.3. The molecule has 22 heavy (non-hydrogen) atoms. The molecule has 1 aromatic heterocycles. The quantitative estimate of drug-likeness (QED) is 0.831. The molecule has 0 bridgehead atoms. The fourth-order valence-corrected chi connectivity index (χ4v) is 2.64. The number of β-amino-alcohol motifs (C(OH)–C–C–N with tert-alkyl or cyclic N) is 1. The molecule has 1 aliphatic heterocycles. The minimum absolute atomic E-state index is 0.00274. The first-order valence-corrected chi connectivity index (χ1v) is 7.25. The van der Waals surface area contributed by atoms with Crippen LogP contribution < -0.4 is 5.32 Å². The average Bonchev–Trinajstić information content (AvgIpc) is 2.80. The molecule has 0 aliphatic carbocycles. The van der Waals surface area contributed by atoms with Crippen molar-refractivity contribution in [3.8, 4) is 0 Å². The Bertz CT molecular complexity index is 554. The summed E-state index contributed by atoms with van der Waals surface area (Å²) in [5.41, 5.74) is 0.475. The molecule has 1 aromatic rings. The van der Waals surface area contributed by atoms with Gasteiger partial charge in [-0.25, -0.2) is 0 Å². The van der Waals surface area contributed by atoms with Crippen molar-refractivity contribution in [1.82, 2.24) is 10.2 Å². The molecule has 2 atom stereocenters. The van der Waals surface area contributed by atoms with Crippen LogP contribution in [-0.4, -0.2) is 60.8 Å². The molecular formula is C15H22N2O5. The Kier molecular flexibility index (Phi) is 5.20. The lowest BCUT2D eigenvalue weighted by Gasteiger charge is -2.36. The molecule has 2 N–H and O–H groups in total. The van der Waals surface area contributed by atoms with Gasteiger partial charge in [-0.1, -0.05) is 0 Å². The molecule has 122 valence electrons. The minimum atomic E-state index is -0.799. The van der Waals surface area contributed by atoms with E-state index in [0.29, 0.717) is 30.0 Å². The highest BCUT2D eigenvalue weighted by Gasteiger charge is 2.31. The average molecular weight is 310 g/mol. The third-order valence-electron chi connectivity index (χ3n) is 3.80. The first-order valence-electron chi connectivity index (χ1n) is 7.25. The number of nitrogens with one attached hydrogen (secondary N) is 1. The number of aryl methyl sites for hydroxylation is 2. The van der Waals surface area contributed by atoms with Gasteiger partial charge >= 0.3 is 0 Å². The largest absolute Gasteiger partial charge is 0.466 e. The Balaban J connectivity index is 1.93. The number of carbonyl (C=O) groups excluding carboxylic acids is 2. The topological polar surface area (TPSA) is 92.0 Å². The van der Waals surface area contributed by atoms with Gasteiger partial charge in [-0.2, -0.15) is 0 Å². The molecule has 0 spiro atoms. The van der Waals surface area contributed by atoms with Gasteiger partial charge in [-0.15, -0.1) is 0 Å². The van der Waals surface area contributed by atoms with Crippen molar-refractivity contribution >= 4 is 11.8 Å². The molecule has 0 radical (unpaired) electrons. The third kappa shape index (κ3) is 3.66. The molecular weight excluding hydrogens is 288 g/mol. The minimum Gasteiger partial charge on any atom is -0.466 e. The maximum absolute atomic E-state index is 12.2. The van der Waals surface area contributed by atoms with Crippen LogP contribution in [-0.2, 0) is 9.53 Å². The summed E-state index contributed by atoms with van der Waals surface area (Å²) in [7, 11) is 1.45. The number of likely N-dealkylation sites (tertiary alicyclic amines) is 1. The van der Waals surface area contributed by atoms with Gasteiger partial charge in [-0.3, -0.25) is 9.59 Å². The maximum Gasteiger partial charge on any atom is 0.255 e. The lowest BCUT2D eigenvalue weighted by molar-refractivity contribution is -0.138. The summed E-state index contributed by atoms with van der Waals surface area (Å²) >= 11 is 0. The summed E-state index contributed by atoms with van der Waals surface area (Å²) in [5, 5.41) is 13.0. The first kappa shape index (κ1) is 16.5. The second kappa shape index (κ2) is 6.93. The number of hydrogen-bond donors (Lipinski definition) is 2. The van der Waals surface area contributed by atoms with E-state index in [9.17, 15) is 14.7 Å². The zero-order valence-corrected chi connectivity index (χ0v) is 13.1. The number of piperidine rings is 1. The molecule has 7 nitrogen and oxygen atoms in total. The number of nitrogens with zero attached hydrogens (tertiary/aromatic N) is 1. The number of furan rings is 1. The Hall–Kier alpha value is -1.86. The maximum atomic E-state index is 12.2. The van der Waals surface area contributed by atoms with Gasteiger partial charge in [0.15, 0.2) is 0 Å². The molecule has 0 unspecified atom stereocenters. The molecule has 1 saturated heterocycles. The third-order valence-corrected chi connectivity index (χ3v) is 3.80. The summed E-state index contributed by atoms with van der Waals surface area (Å²) in [4.78, 5) is 25.5. The molecule has 1 aliphatic rings. The van der Waals surface area contributed by atoms with Crippen LogP contribution in [0.4, 0.5) is 0 Å². The number of aliphatic hydroxyl groups is 1. The van der Waals surface area contributed by atoms with Crippen LogP contribution in [0.3, 0.4) is 0 Å². The fourth-order valence-electron chi connectivity index (χ4n) is 2.64. The van der Waals surface area contributed by atoms with Gasteiger partial charge < -0.3 is 24.5 Å². The summed E-state index contributed by atoms with van der Waals surface area (Å²) in [6.07, 6.45) is -0.301. The summed E-state index contributed by atoms with van der Waals surface area (Å²) < 4.78 is 10.1. The molecule has 0 saturated carbocycles. The van der Waals surface area contributed by atoms with Gasteiger partial charge in [0.05, 0.1) is 17.7 Å². The molecule has 2 rings (SSSR count). The molecule has 1 fully saturated rings.